The van der Waals surface area contributed by atoms with Crippen molar-refractivity contribution < 1.29 is 18.7 Å². The van der Waals surface area contributed by atoms with Crippen LogP contribution in [0.3, 0.4) is 0 Å². The Morgan fingerprint density at radius 2 is 2.08 bits per heavy atom. The molecule has 0 atom stereocenters. The van der Waals surface area contributed by atoms with Gasteiger partial charge in [-0.05, 0) is 29.6 Å². The summed E-state index contributed by atoms with van der Waals surface area (Å²) in [7, 11) is 0. The van der Waals surface area contributed by atoms with Gasteiger partial charge in [-0.25, -0.2) is 4.79 Å². The Bertz CT molecular complexity index is 996. The van der Waals surface area contributed by atoms with Crippen LogP contribution in [0.4, 0.5) is 0 Å². The van der Waals surface area contributed by atoms with E-state index in [0.717, 1.165) is 4.47 Å². The van der Waals surface area contributed by atoms with E-state index < -0.39 is 11.6 Å². The lowest BCUT2D eigenvalue weighted by Crippen LogP contribution is -2.25. The molecular weight excluding hydrogens is 422 g/mol. The fraction of sp³-hybridized carbons (Fsp3) is 0.167. The molecule has 2 aromatic heterocycles. The Kier molecular flexibility index (Phi) is 5.85. The maximum atomic E-state index is 11.9. The Labute approximate surface area is 160 Å². The van der Waals surface area contributed by atoms with Crippen LogP contribution in [0, 0.1) is 0 Å². The maximum absolute atomic E-state index is 11.9. The number of halogens is 1. The number of benzene rings is 1. The molecule has 0 radical (unpaired) electrons. The molecule has 26 heavy (non-hydrogen) atoms. The number of ether oxygens (including phenoxy) is 1. The van der Waals surface area contributed by atoms with Crippen molar-refractivity contribution in [1.29, 1.82) is 0 Å². The van der Waals surface area contributed by atoms with E-state index >= 15 is 0 Å². The lowest BCUT2D eigenvalue weighted by molar-refractivity contribution is -0.144. The summed E-state index contributed by atoms with van der Waals surface area (Å²) in [5, 5.41) is 5.17. The van der Waals surface area contributed by atoms with Crippen molar-refractivity contribution in [2.75, 3.05) is 6.54 Å². The van der Waals surface area contributed by atoms with Crippen LogP contribution in [0.15, 0.2) is 55.5 Å². The second kappa shape index (κ2) is 8.29. The van der Waals surface area contributed by atoms with Crippen LogP contribution in [0.2, 0.25) is 0 Å². The van der Waals surface area contributed by atoms with Crippen LogP contribution in [0.1, 0.15) is 21.7 Å². The number of nitrogens with one attached hydrogen (secondary N) is 1. The molecule has 0 fully saturated rings. The predicted molar refractivity (Wildman–Crippen MR) is 101 cm³/mol. The molecule has 3 rings (SSSR count). The lowest BCUT2D eigenvalue weighted by atomic mass is 10.1. The quantitative estimate of drug-likeness (QED) is 0.473. The fourth-order valence-electron chi connectivity index (χ4n) is 2.33. The molecule has 1 N–H and O–H groups in total. The smallest absolute Gasteiger partial charge is 0.336 e. The Balaban J connectivity index is 1.55. The SMILES string of the molecule is O=C(CCNC(=O)c1cccs1)OCc1cc(=O)oc2cc(Br)ccc12. The van der Waals surface area contributed by atoms with Crippen LogP contribution >= 0.6 is 27.3 Å². The van der Waals surface area contributed by atoms with Gasteiger partial charge >= 0.3 is 11.6 Å². The minimum Gasteiger partial charge on any atom is -0.461 e. The standard InChI is InChI=1S/C18H14BrNO5S/c19-12-3-4-13-11(8-17(22)25-14(13)9-12)10-24-16(21)5-6-20-18(23)15-2-1-7-26-15/h1-4,7-9H,5-6,10H2,(H,20,23). The summed E-state index contributed by atoms with van der Waals surface area (Å²) in [6.45, 7) is 0.141. The second-order valence-electron chi connectivity index (χ2n) is 5.38. The molecule has 0 saturated heterocycles. The summed E-state index contributed by atoms with van der Waals surface area (Å²) in [6, 6.07) is 10.1. The summed E-state index contributed by atoms with van der Waals surface area (Å²) in [6.07, 6.45) is 0.0437. The summed E-state index contributed by atoms with van der Waals surface area (Å²) in [4.78, 5) is 35.9. The molecule has 2 heterocycles. The van der Waals surface area contributed by atoms with Crippen molar-refractivity contribution in [2.24, 2.45) is 0 Å². The molecule has 0 saturated carbocycles. The first kappa shape index (κ1) is 18.3. The molecule has 6 nitrogen and oxygen atoms in total. The van der Waals surface area contributed by atoms with Crippen LogP contribution in [-0.2, 0) is 16.1 Å². The van der Waals surface area contributed by atoms with Crippen LogP contribution in [0.5, 0.6) is 0 Å². The van der Waals surface area contributed by atoms with Gasteiger partial charge in [0.15, 0.2) is 0 Å². The van der Waals surface area contributed by atoms with Gasteiger partial charge in [-0.2, -0.15) is 0 Å². The highest BCUT2D eigenvalue weighted by Crippen LogP contribution is 2.22. The first-order valence-electron chi connectivity index (χ1n) is 7.72. The molecule has 134 valence electrons. The third-order valence-electron chi connectivity index (χ3n) is 3.54. The highest BCUT2D eigenvalue weighted by Gasteiger charge is 2.11. The van der Waals surface area contributed by atoms with Gasteiger partial charge < -0.3 is 14.5 Å². The average Bonchev–Trinajstić information content (AvgIpc) is 3.13. The minimum atomic E-state index is -0.509. The Morgan fingerprint density at radius 3 is 2.85 bits per heavy atom. The minimum absolute atomic E-state index is 0.0402. The molecule has 0 aliphatic heterocycles. The van der Waals surface area contributed by atoms with Crippen molar-refractivity contribution in [3.63, 3.8) is 0 Å². The van der Waals surface area contributed by atoms with Gasteiger partial charge in [0.2, 0.25) is 0 Å². The molecule has 0 unspecified atom stereocenters. The fourth-order valence-corrected chi connectivity index (χ4v) is 3.31. The molecule has 0 spiro atoms. The summed E-state index contributed by atoms with van der Waals surface area (Å²) in [5.41, 5.74) is 0.478. The maximum Gasteiger partial charge on any atom is 0.336 e. The van der Waals surface area contributed by atoms with Gasteiger partial charge in [0, 0.05) is 28.0 Å². The van der Waals surface area contributed by atoms with Gasteiger partial charge in [-0.1, -0.05) is 22.0 Å². The van der Waals surface area contributed by atoms with Gasteiger partial charge in [-0.3, -0.25) is 9.59 Å². The molecule has 0 bridgehead atoms. The van der Waals surface area contributed by atoms with Crippen LogP contribution in [-0.4, -0.2) is 18.4 Å². The van der Waals surface area contributed by atoms with Gasteiger partial charge in [-0.15, -0.1) is 11.3 Å². The van der Waals surface area contributed by atoms with Crippen molar-refractivity contribution in [1.82, 2.24) is 5.32 Å². The monoisotopic (exact) mass is 435 g/mol. The third-order valence-corrected chi connectivity index (χ3v) is 4.90. The van der Waals surface area contributed by atoms with E-state index in [0.29, 0.717) is 21.4 Å². The van der Waals surface area contributed by atoms with Crippen molar-refractivity contribution >= 4 is 50.1 Å². The molecule has 1 aromatic carbocycles. The van der Waals surface area contributed by atoms with Crippen molar-refractivity contribution in [3.05, 3.63) is 67.1 Å². The van der Waals surface area contributed by atoms with E-state index in [2.05, 4.69) is 21.2 Å². The summed E-state index contributed by atoms with van der Waals surface area (Å²) >= 11 is 4.65. The van der Waals surface area contributed by atoms with E-state index in [1.54, 1.807) is 24.3 Å². The zero-order valence-corrected chi connectivity index (χ0v) is 15.9. The molecule has 8 heteroatoms. The normalized spacial score (nSPS) is 10.7. The van der Waals surface area contributed by atoms with E-state index in [-0.39, 0.29) is 25.5 Å². The third kappa shape index (κ3) is 4.59. The number of fused-ring (bicyclic) bond motifs is 1. The molecule has 0 aliphatic carbocycles. The largest absolute Gasteiger partial charge is 0.461 e. The van der Waals surface area contributed by atoms with Gasteiger partial charge in [0.1, 0.15) is 12.2 Å². The number of rotatable bonds is 6. The van der Waals surface area contributed by atoms with Crippen LogP contribution < -0.4 is 10.9 Å². The van der Waals surface area contributed by atoms with E-state index in [1.807, 2.05) is 11.4 Å². The lowest BCUT2D eigenvalue weighted by Gasteiger charge is -2.08. The molecule has 3 aromatic rings. The first-order valence-corrected chi connectivity index (χ1v) is 9.40. The van der Waals surface area contributed by atoms with Crippen molar-refractivity contribution in [2.45, 2.75) is 13.0 Å². The molecule has 0 aliphatic rings. The number of thiophene rings is 1. The zero-order valence-electron chi connectivity index (χ0n) is 13.5. The Morgan fingerprint density at radius 1 is 1.23 bits per heavy atom. The van der Waals surface area contributed by atoms with Gasteiger partial charge in [0.25, 0.3) is 5.91 Å². The number of esters is 1. The Hall–Kier alpha value is -2.45. The summed E-state index contributed by atoms with van der Waals surface area (Å²) < 4.78 is 11.1. The average molecular weight is 436 g/mol. The first-order chi connectivity index (χ1) is 12.5. The number of hydrogen-bond acceptors (Lipinski definition) is 6. The molecular formula is C18H14BrNO5S. The number of amides is 1. The van der Waals surface area contributed by atoms with E-state index in [1.165, 1.54) is 17.4 Å². The second-order valence-corrected chi connectivity index (χ2v) is 7.24. The van der Waals surface area contributed by atoms with Crippen LogP contribution in [0.25, 0.3) is 11.0 Å². The predicted octanol–water partition coefficient (Wildman–Crippen LogP) is 3.48. The van der Waals surface area contributed by atoms with Crippen molar-refractivity contribution in [3.8, 4) is 0 Å². The zero-order chi connectivity index (χ0) is 18.5. The summed E-state index contributed by atoms with van der Waals surface area (Å²) in [5.74, 6) is -0.681. The highest BCUT2D eigenvalue weighted by atomic mass is 79.9. The van der Waals surface area contributed by atoms with E-state index in [4.69, 9.17) is 9.15 Å². The number of hydrogen-bond donors (Lipinski definition) is 1. The van der Waals surface area contributed by atoms with E-state index in [9.17, 15) is 14.4 Å². The number of carbonyl (C=O) groups is 2. The topological polar surface area (TPSA) is 85.6 Å². The molecule has 1 amide bonds. The number of carbonyl (C=O) groups excluding carboxylic acids is 2. The van der Waals surface area contributed by atoms with Gasteiger partial charge in [0.05, 0.1) is 11.3 Å². The highest BCUT2D eigenvalue weighted by molar-refractivity contribution is 9.10.